The highest BCUT2D eigenvalue weighted by Crippen LogP contribution is 2.19. The smallest absolute Gasteiger partial charge is 0.214 e. The molecule has 0 aliphatic rings. The van der Waals surface area contributed by atoms with Crippen LogP contribution >= 0.6 is 11.8 Å². The standard InChI is InChI=1S/C16H14N4OS/c21-15(13-7-3-1-4-8-13)11-12-22-16-17-18-19-20(16)14-9-5-2-6-10-14/h1-10H,11-12H2. The first-order chi connectivity index (χ1) is 10.8. The highest BCUT2D eigenvalue weighted by molar-refractivity contribution is 7.99. The van der Waals surface area contributed by atoms with E-state index in [2.05, 4.69) is 15.5 Å². The number of aromatic nitrogens is 4. The van der Waals surface area contributed by atoms with E-state index in [1.807, 2.05) is 60.7 Å². The molecule has 0 N–H and O–H groups in total. The van der Waals surface area contributed by atoms with Crippen molar-refractivity contribution < 1.29 is 4.79 Å². The Balaban J connectivity index is 1.61. The van der Waals surface area contributed by atoms with Crippen molar-refractivity contribution >= 4 is 17.5 Å². The largest absolute Gasteiger partial charge is 0.294 e. The van der Waals surface area contributed by atoms with Crippen LogP contribution in [-0.2, 0) is 0 Å². The average Bonchev–Trinajstić information content (AvgIpc) is 3.05. The fourth-order valence-corrected chi connectivity index (χ4v) is 2.83. The van der Waals surface area contributed by atoms with Crippen LogP contribution < -0.4 is 0 Å². The summed E-state index contributed by atoms with van der Waals surface area (Å²) >= 11 is 1.48. The lowest BCUT2D eigenvalue weighted by molar-refractivity contribution is 0.0989. The third-order valence-electron chi connectivity index (χ3n) is 3.10. The molecule has 22 heavy (non-hydrogen) atoms. The summed E-state index contributed by atoms with van der Waals surface area (Å²) in [7, 11) is 0. The van der Waals surface area contributed by atoms with Gasteiger partial charge in [-0.05, 0) is 22.6 Å². The zero-order valence-electron chi connectivity index (χ0n) is 11.8. The number of carbonyl (C=O) groups excluding carboxylic acids is 1. The van der Waals surface area contributed by atoms with Gasteiger partial charge in [-0.15, -0.1) is 5.10 Å². The summed E-state index contributed by atoms with van der Waals surface area (Å²) in [6.07, 6.45) is 0.455. The molecule has 0 unspecified atom stereocenters. The molecule has 0 aliphatic carbocycles. The Morgan fingerprint density at radius 3 is 2.41 bits per heavy atom. The summed E-state index contributed by atoms with van der Waals surface area (Å²) in [6, 6.07) is 19.0. The summed E-state index contributed by atoms with van der Waals surface area (Å²) in [4.78, 5) is 12.1. The van der Waals surface area contributed by atoms with E-state index in [4.69, 9.17) is 0 Å². The fraction of sp³-hybridized carbons (Fsp3) is 0.125. The van der Waals surface area contributed by atoms with E-state index in [1.54, 1.807) is 4.68 Å². The van der Waals surface area contributed by atoms with Crippen LogP contribution in [-0.4, -0.2) is 31.7 Å². The topological polar surface area (TPSA) is 60.7 Å². The molecular formula is C16H14N4OS. The second-order valence-corrected chi connectivity index (χ2v) is 5.66. The van der Waals surface area contributed by atoms with Crippen molar-refractivity contribution in [1.82, 2.24) is 20.2 Å². The van der Waals surface area contributed by atoms with Gasteiger partial charge in [-0.1, -0.05) is 60.3 Å². The SMILES string of the molecule is O=C(CCSc1nnnn1-c1ccccc1)c1ccccc1. The number of rotatable bonds is 6. The van der Waals surface area contributed by atoms with Gasteiger partial charge in [-0.25, -0.2) is 0 Å². The first-order valence-corrected chi connectivity index (χ1v) is 7.88. The number of ketones is 1. The summed E-state index contributed by atoms with van der Waals surface area (Å²) in [5.74, 6) is 0.771. The molecule has 3 aromatic rings. The van der Waals surface area contributed by atoms with Crippen LogP contribution in [0, 0.1) is 0 Å². The molecule has 1 aromatic heterocycles. The van der Waals surface area contributed by atoms with E-state index in [9.17, 15) is 4.79 Å². The van der Waals surface area contributed by atoms with Crippen LogP contribution in [0.1, 0.15) is 16.8 Å². The maximum Gasteiger partial charge on any atom is 0.214 e. The Morgan fingerprint density at radius 2 is 1.68 bits per heavy atom. The molecule has 0 radical (unpaired) electrons. The Hall–Kier alpha value is -2.47. The lowest BCUT2D eigenvalue weighted by Crippen LogP contribution is -2.02. The highest BCUT2D eigenvalue weighted by Gasteiger charge is 2.10. The van der Waals surface area contributed by atoms with E-state index >= 15 is 0 Å². The number of carbonyl (C=O) groups is 1. The maximum absolute atomic E-state index is 12.1. The van der Waals surface area contributed by atoms with Crippen LogP contribution in [0.5, 0.6) is 0 Å². The van der Waals surface area contributed by atoms with Gasteiger partial charge in [0.05, 0.1) is 5.69 Å². The number of Topliss-reactive ketones (excluding diaryl/α,β-unsaturated/α-hetero) is 1. The highest BCUT2D eigenvalue weighted by atomic mass is 32.2. The van der Waals surface area contributed by atoms with Crippen molar-refractivity contribution in [3.63, 3.8) is 0 Å². The van der Waals surface area contributed by atoms with Crippen molar-refractivity contribution in [3.05, 3.63) is 66.2 Å². The molecule has 0 saturated heterocycles. The first-order valence-electron chi connectivity index (χ1n) is 6.89. The predicted octanol–water partition coefficient (Wildman–Crippen LogP) is 3.03. The van der Waals surface area contributed by atoms with Gasteiger partial charge in [0, 0.05) is 17.7 Å². The van der Waals surface area contributed by atoms with Crippen molar-refractivity contribution in [2.75, 3.05) is 5.75 Å². The molecule has 5 nitrogen and oxygen atoms in total. The van der Waals surface area contributed by atoms with Gasteiger partial charge in [0.15, 0.2) is 5.78 Å². The third kappa shape index (κ3) is 3.40. The third-order valence-corrected chi connectivity index (χ3v) is 4.02. The molecule has 110 valence electrons. The molecular weight excluding hydrogens is 296 g/mol. The fourth-order valence-electron chi connectivity index (χ4n) is 2.00. The molecule has 0 fully saturated rings. The van der Waals surface area contributed by atoms with Crippen molar-refractivity contribution in [2.24, 2.45) is 0 Å². The monoisotopic (exact) mass is 310 g/mol. The zero-order valence-corrected chi connectivity index (χ0v) is 12.6. The average molecular weight is 310 g/mol. The van der Waals surface area contributed by atoms with Gasteiger partial charge in [0.2, 0.25) is 5.16 Å². The van der Waals surface area contributed by atoms with Gasteiger partial charge < -0.3 is 0 Å². The van der Waals surface area contributed by atoms with Crippen LogP contribution in [0.2, 0.25) is 0 Å². The summed E-state index contributed by atoms with van der Waals surface area (Å²) in [6.45, 7) is 0. The molecule has 3 rings (SSSR count). The number of para-hydroxylation sites is 1. The van der Waals surface area contributed by atoms with Gasteiger partial charge in [-0.3, -0.25) is 4.79 Å². The molecule has 0 amide bonds. The number of thioether (sulfide) groups is 1. The van der Waals surface area contributed by atoms with Crippen LogP contribution in [0.4, 0.5) is 0 Å². The maximum atomic E-state index is 12.1. The Bertz CT molecular complexity index is 743. The summed E-state index contributed by atoms with van der Waals surface area (Å²) in [5.41, 5.74) is 1.65. The van der Waals surface area contributed by atoms with Crippen molar-refractivity contribution in [2.45, 2.75) is 11.6 Å². The van der Waals surface area contributed by atoms with Crippen LogP contribution in [0.15, 0.2) is 65.8 Å². The van der Waals surface area contributed by atoms with Gasteiger partial charge >= 0.3 is 0 Å². The zero-order chi connectivity index (χ0) is 15.2. The number of hydrogen-bond acceptors (Lipinski definition) is 5. The quantitative estimate of drug-likeness (QED) is 0.517. The minimum atomic E-state index is 0.131. The Morgan fingerprint density at radius 1 is 1.00 bits per heavy atom. The molecule has 0 atom stereocenters. The lowest BCUT2D eigenvalue weighted by Gasteiger charge is -2.04. The van der Waals surface area contributed by atoms with Gasteiger partial charge in [0.1, 0.15) is 0 Å². The minimum Gasteiger partial charge on any atom is -0.294 e. The summed E-state index contributed by atoms with van der Waals surface area (Å²) < 4.78 is 1.68. The number of benzene rings is 2. The predicted molar refractivity (Wildman–Crippen MR) is 85.3 cm³/mol. The molecule has 0 bridgehead atoms. The van der Waals surface area contributed by atoms with E-state index < -0.39 is 0 Å². The van der Waals surface area contributed by atoms with Gasteiger partial charge in [0.25, 0.3) is 0 Å². The molecule has 1 heterocycles. The molecule has 2 aromatic carbocycles. The van der Waals surface area contributed by atoms with Gasteiger partial charge in [-0.2, -0.15) is 4.68 Å². The molecule has 0 saturated carbocycles. The van der Waals surface area contributed by atoms with E-state index in [0.29, 0.717) is 17.3 Å². The Labute approximate surface area is 132 Å². The second kappa shape index (κ2) is 7.00. The van der Waals surface area contributed by atoms with E-state index in [1.165, 1.54) is 11.8 Å². The lowest BCUT2D eigenvalue weighted by atomic mass is 10.1. The van der Waals surface area contributed by atoms with E-state index in [-0.39, 0.29) is 5.78 Å². The Kier molecular flexibility index (Phi) is 4.60. The number of tetrazole rings is 1. The normalized spacial score (nSPS) is 10.5. The van der Waals surface area contributed by atoms with Crippen LogP contribution in [0.3, 0.4) is 0 Å². The van der Waals surface area contributed by atoms with Crippen LogP contribution in [0.25, 0.3) is 5.69 Å². The number of nitrogens with zero attached hydrogens (tertiary/aromatic N) is 4. The first kappa shape index (κ1) is 14.5. The van der Waals surface area contributed by atoms with E-state index in [0.717, 1.165) is 11.3 Å². The van der Waals surface area contributed by atoms with Crippen molar-refractivity contribution in [3.8, 4) is 5.69 Å². The number of hydrogen-bond donors (Lipinski definition) is 0. The molecule has 0 spiro atoms. The summed E-state index contributed by atoms with van der Waals surface area (Å²) in [5, 5.41) is 12.4. The molecule has 0 aliphatic heterocycles. The van der Waals surface area contributed by atoms with Crippen molar-refractivity contribution in [1.29, 1.82) is 0 Å². The minimum absolute atomic E-state index is 0.131. The molecule has 6 heteroatoms. The second-order valence-electron chi connectivity index (χ2n) is 4.60.